The predicted molar refractivity (Wildman–Crippen MR) is 110 cm³/mol. The maximum Gasteiger partial charge on any atom is 0.321 e. The molecule has 2 amide bonds. The van der Waals surface area contributed by atoms with Crippen molar-refractivity contribution in [2.45, 2.75) is 38.3 Å². The molecule has 3 heterocycles. The highest BCUT2D eigenvalue weighted by atomic mass is 19.1. The van der Waals surface area contributed by atoms with Gasteiger partial charge >= 0.3 is 6.03 Å². The molecule has 8 heteroatoms. The molecule has 30 heavy (non-hydrogen) atoms. The number of benzene rings is 1. The molecule has 2 aliphatic rings. The highest BCUT2D eigenvalue weighted by Crippen LogP contribution is 2.30. The number of fused-ring (bicyclic) bond motifs is 1. The van der Waals surface area contributed by atoms with Gasteiger partial charge in [0.25, 0.3) is 0 Å². The Hall–Kier alpha value is -3.03. The molecular formula is C22H23F2N5O. The number of urea groups is 1. The second kappa shape index (κ2) is 7.66. The standard InChI is InChI=1S/C22H23F2N5O/c23-17-6-7-28(13-17)22(30)26-18-4-5-19(24)20(10-18)29-12-16-9-15(8-14-2-1-3-14)11-25-21(16)27-29/h4-5,9-12,14,17H,1-3,6-8,13H2,(H,26,30). The number of carbonyl (C=O) groups is 1. The average molecular weight is 411 g/mol. The van der Waals surface area contributed by atoms with Crippen molar-refractivity contribution in [3.63, 3.8) is 0 Å². The van der Waals surface area contributed by atoms with Gasteiger partial charge in [-0.2, -0.15) is 0 Å². The summed E-state index contributed by atoms with van der Waals surface area (Å²) < 4.78 is 29.3. The minimum Gasteiger partial charge on any atom is -0.322 e. The van der Waals surface area contributed by atoms with E-state index in [4.69, 9.17) is 0 Å². The number of hydrogen-bond acceptors (Lipinski definition) is 3. The minimum absolute atomic E-state index is 0.0826. The topological polar surface area (TPSA) is 63.1 Å². The molecule has 0 bridgehead atoms. The van der Waals surface area contributed by atoms with E-state index in [-0.39, 0.29) is 18.3 Å². The van der Waals surface area contributed by atoms with Gasteiger partial charge in [0.1, 0.15) is 17.7 Å². The Bertz CT molecular complexity index is 1090. The summed E-state index contributed by atoms with van der Waals surface area (Å²) in [6.07, 6.45) is 7.81. The zero-order valence-electron chi connectivity index (χ0n) is 16.5. The molecule has 1 atom stereocenters. The van der Waals surface area contributed by atoms with E-state index in [1.165, 1.54) is 52.6 Å². The molecule has 5 rings (SSSR count). The number of aromatic nitrogens is 3. The molecule has 3 aromatic rings. The Morgan fingerprint density at radius 2 is 2.10 bits per heavy atom. The first-order valence-corrected chi connectivity index (χ1v) is 10.4. The van der Waals surface area contributed by atoms with Crippen molar-refractivity contribution in [3.8, 4) is 5.69 Å². The van der Waals surface area contributed by atoms with Crippen LogP contribution in [-0.2, 0) is 6.42 Å². The van der Waals surface area contributed by atoms with Gasteiger partial charge in [-0.3, -0.25) is 0 Å². The minimum atomic E-state index is -0.988. The van der Waals surface area contributed by atoms with Crippen LogP contribution in [0.1, 0.15) is 31.2 Å². The third-order valence-corrected chi connectivity index (χ3v) is 6.03. The molecule has 1 saturated heterocycles. The zero-order chi connectivity index (χ0) is 20.7. The molecule has 1 aliphatic carbocycles. The number of alkyl halides is 1. The SMILES string of the molecule is O=C(Nc1ccc(F)c(-n2cc3cc(CC4CCC4)cnc3n2)c1)N1CCC(F)C1. The number of nitrogens with one attached hydrogen (secondary N) is 1. The fourth-order valence-corrected chi connectivity index (χ4v) is 4.10. The quantitative estimate of drug-likeness (QED) is 0.689. The molecule has 156 valence electrons. The van der Waals surface area contributed by atoms with Crippen LogP contribution in [0.5, 0.6) is 0 Å². The lowest BCUT2D eigenvalue weighted by Gasteiger charge is -2.24. The van der Waals surface area contributed by atoms with E-state index in [1.54, 1.807) is 6.20 Å². The number of halogens is 2. The first kappa shape index (κ1) is 19.0. The molecule has 2 aromatic heterocycles. The van der Waals surface area contributed by atoms with Gasteiger partial charge in [0.2, 0.25) is 0 Å². The predicted octanol–water partition coefficient (Wildman–Crippen LogP) is 4.48. The summed E-state index contributed by atoms with van der Waals surface area (Å²) in [7, 11) is 0. The van der Waals surface area contributed by atoms with Gasteiger partial charge in [-0.15, -0.1) is 5.10 Å². The number of hydrogen-bond donors (Lipinski definition) is 1. The van der Waals surface area contributed by atoms with E-state index in [1.807, 2.05) is 6.20 Å². The lowest BCUT2D eigenvalue weighted by Crippen LogP contribution is -2.33. The van der Waals surface area contributed by atoms with E-state index < -0.39 is 12.0 Å². The van der Waals surface area contributed by atoms with E-state index >= 15 is 0 Å². The normalized spacial score (nSPS) is 19.3. The Morgan fingerprint density at radius 1 is 1.23 bits per heavy atom. The first-order valence-electron chi connectivity index (χ1n) is 10.4. The van der Waals surface area contributed by atoms with Gasteiger partial charge in [0.15, 0.2) is 5.65 Å². The molecule has 1 aromatic carbocycles. The summed E-state index contributed by atoms with van der Waals surface area (Å²) in [5.41, 5.74) is 2.37. The summed E-state index contributed by atoms with van der Waals surface area (Å²) in [4.78, 5) is 18.2. The van der Waals surface area contributed by atoms with Crippen LogP contribution in [0.3, 0.4) is 0 Å². The number of carbonyl (C=O) groups excluding carboxylic acids is 1. The van der Waals surface area contributed by atoms with Crippen LogP contribution in [0.25, 0.3) is 16.7 Å². The van der Waals surface area contributed by atoms with E-state index in [9.17, 15) is 13.6 Å². The van der Waals surface area contributed by atoms with Gasteiger partial charge in [0.05, 0.1) is 6.54 Å². The fourth-order valence-electron chi connectivity index (χ4n) is 4.10. The lowest BCUT2D eigenvalue weighted by molar-refractivity contribution is 0.218. The maximum absolute atomic E-state index is 14.5. The molecule has 0 spiro atoms. The van der Waals surface area contributed by atoms with E-state index in [0.29, 0.717) is 24.3 Å². The van der Waals surface area contributed by atoms with Crippen LogP contribution in [0.4, 0.5) is 19.3 Å². The highest BCUT2D eigenvalue weighted by molar-refractivity contribution is 5.90. The molecule has 0 radical (unpaired) electrons. The molecule has 1 N–H and O–H groups in total. The van der Waals surface area contributed by atoms with Crippen molar-refractivity contribution in [1.29, 1.82) is 0 Å². The number of rotatable bonds is 4. The highest BCUT2D eigenvalue weighted by Gasteiger charge is 2.26. The van der Waals surface area contributed by atoms with E-state index in [0.717, 1.165) is 17.7 Å². The Balaban J connectivity index is 1.38. The first-order chi connectivity index (χ1) is 14.5. The summed E-state index contributed by atoms with van der Waals surface area (Å²) in [5.74, 6) is 0.279. The van der Waals surface area contributed by atoms with Crippen molar-refractivity contribution in [2.75, 3.05) is 18.4 Å². The molecular weight excluding hydrogens is 388 g/mol. The van der Waals surface area contributed by atoms with Crippen LogP contribution < -0.4 is 5.32 Å². The average Bonchev–Trinajstić information content (AvgIpc) is 3.32. The smallest absolute Gasteiger partial charge is 0.321 e. The van der Waals surface area contributed by atoms with Crippen LogP contribution in [-0.4, -0.2) is 45.0 Å². The molecule has 1 aliphatic heterocycles. The van der Waals surface area contributed by atoms with Crippen LogP contribution >= 0.6 is 0 Å². The zero-order valence-corrected chi connectivity index (χ0v) is 16.5. The van der Waals surface area contributed by atoms with Crippen molar-refractivity contribution in [1.82, 2.24) is 19.7 Å². The Kier molecular flexibility index (Phi) is 4.84. The summed E-state index contributed by atoms with van der Waals surface area (Å²) >= 11 is 0. The Morgan fingerprint density at radius 3 is 2.83 bits per heavy atom. The summed E-state index contributed by atoms with van der Waals surface area (Å²) in [5, 5.41) is 7.97. The molecule has 2 fully saturated rings. The third kappa shape index (κ3) is 3.74. The number of anilines is 1. The molecule has 1 unspecified atom stereocenters. The van der Waals surface area contributed by atoms with Crippen molar-refractivity contribution in [2.24, 2.45) is 5.92 Å². The van der Waals surface area contributed by atoms with Crippen LogP contribution in [0, 0.1) is 11.7 Å². The third-order valence-electron chi connectivity index (χ3n) is 6.03. The summed E-state index contributed by atoms with van der Waals surface area (Å²) in [6, 6.07) is 5.97. The summed E-state index contributed by atoms with van der Waals surface area (Å²) in [6.45, 7) is 0.458. The van der Waals surface area contributed by atoms with Crippen LogP contribution in [0.2, 0.25) is 0 Å². The monoisotopic (exact) mass is 411 g/mol. The van der Waals surface area contributed by atoms with Crippen molar-refractivity contribution < 1.29 is 13.6 Å². The van der Waals surface area contributed by atoms with E-state index in [2.05, 4.69) is 21.5 Å². The molecule has 6 nitrogen and oxygen atoms in total. The van der Waals surface area contributed by atoms with Crippen LogP contribution in [0.15, 0.2) is 36.7 Å². The van der Waals surface area contributed by atoms with Gasteiger partial charge in [0, 0.05) is 30.0 Å². The lowest BCUT2D eigenvalue weighted by atomic mass is 9.81. The number of nitrogens with zero attached hydrogens (tertiary/aromatic N) is 4. The second-order valence-corrected chi connectivity index (χ2v) is 8.26. The van der Waals surface area contributed by atoms with Gasteiger partial charge < -0.3 is 10.2 Å². The number of pyridine rings is 1. The van der Waals surface area contributed by atoms with Crippen molar-refractivity contribution in [3.05, 3.63) is 48.0 Å². The Labute approximate surface area is 172 Å². The van der Waals surface area contributed by atoms with Gasteiger partial charge in [-0.25, -0.2) is 23.2 Å². The fraction of sp³-hybridized carbons (Fsp3) is 0.409. The maximum atomic E-state index is 14.5. The van der Waals surface area contributed by atoms with Crippen molar-refractivity contribution >= 4 is 22.8 Å². The number of likely N-dealkylation sites (tertiary alicyclic amines) is 1. The van der Waals surface area contributed by atoms with Gasteiger partial charge in [-0.05, 0) is 48.6 Å². The second-order valence-electron chi connectivity index (χ2n) is 8.26. The molecule has 1 saturated carbocycles. The largest absolute Gasteiger partial charge is 0.322 e. The van der Waals surface area contributed by atoms with Gasteiger partial charge in [-0.1, -0.05) is 19.3 Å². The number of amides is 2.